The summed E-state index contributed by atoms with van der Waals surface area (Å²) >= 11 is 0. The Labute approximate surface area is 100 Å². The van der Waals surface area contributed by atoms with Crippen LogP contribution < -0.4 is 0 Å². The first kappa shape index (κ1) is 12.4. The van der Waals surface area contributed by atoms with Crippen LogP contribution in [0, 0.1) is 5.92 Å². The molecule has 2 fully saturated rings. The van der Waals surface area contributed by atoms with Crippen molar-refractivity contribution in [1.29, 1.82) is 0 Å². The molecule has 16 heavy (non-hydrogen) atoms. The van der Waals surface area contributed by atoms with E-state index in [1.165, 1.54) is 45.2 Å². The Bertz CT molecular complexity index is 221. The van der Waals surface area contributed by atoms with Crippen LogP contribution in [0.1, 0.15) is 58.8 Å². The molecule has 1 unspecified atom stereocenters. The van der Waals surface area contributed by atoms with Crippen molar-refractivity contribution in [2.24, 2.45) is 5.92 Å². The van der Waals surface area contributed by atoms with Crippen molar-refractivity contribution < 1.29 is 5.11 Å². The van der Waals surface area contributed by atoms with Crippen LogP contribution in [0.2, 0.25) is 0 Å². The zero-order valence-electron chi connectivity index (χ0n) is 10.9. The van der Waals surface area contributed by atoms with Gasteiger partial charge in [0, 0.05) is 12.1 Å². The Kier molecular flexibility index (Phi) is 3.91. The minimum absolute atomic E-state index is 0.00427. The first-order chi connectivity index (χ1) is 7.60. The van der Waals surface area contributed by atoms with Crippen LogP contribution in [0.25, 0.3) is 0 Å². The summed E-state index contributed by atoms with van der Waals surface area (Å²) in [5.74, 6) is 0.887. The third-order valence-electron chi connectivity index (χ3n) is 4.74. The number of likely N-dealkylation sites (tertiary alicyclic amines) is 1. The second-order valence-corrected chi connectivity index (χ2v) is 6.26. The number of aliphatic hydroxyl groups excluding tert-OH is 1. The van der Waals surface area contributed by atoms with Crippen molar-refractivity contribution in [2.75, 3.05) is 13.1 Å². The van der Waals surface area contributed by atoms with Gasteiger partial charge in [0.1, 0.15) is 0 Å². The first-order valence-electron chi connectivity index (χ1n) is 7.04. The van der Waals surface area contributed by atoms with Gasteiger partial charge in [0.2, 0.25) is 0 Å². The molecule has 0 amide bonds. The highest BCUT2D eigenvalue weighted by molar-refractivity contribution is 4.93. The second-order valence-electron chi connectivity index (χ2n) is 6.26. The predicted molar refractivity (Wildman–Crippen MR) is 67.5 cm³/mol. The molecule has 2 heteroatoms. The molecule has 2 aliphatic rings. The highest BCUT2D eigenvalue weighted by Gasteiger charge is 2.38. The van der Waals surface area contributed by atoms with E-state index in [2.05, 4.69) is 18.7 Å². The largest absolute Gasteiger partial charge is 0.391 e. The average Bonchev–Trinajstić information content (AvgIpc) is 2.27. The predicted octanol–water partition coefficient (Wildman–Crippen LogP) is 2.80. The zero-order chi connectivity index (χ0) is 11.6. The summed E-state index contributed by atoms with van der Waals surface area (Å²) in [6.07, 6.45) is 9.09. The molecule has 2 nitrogen and oxygen atoms in total. The van der Waals surface area contributed by atoms with Gasteiger partial charge in [0.25, 0.3) is 0 Å². The SMILES string of the molecule is CC1(C)C(O)CCCN1CC1CCCCC1. The minimum atomic E-state index is -0.134. The molecule has 1 aliphatic carbocycles. The van der Waals surface area contributed by atoms with Crippen molar-refractivity contribution in [3.63, 3.8) is 0 Å². The van der Waals surface area contributed by atoms with E-state index in [1.54, 1.807) is 0 Å². The van der Waals surface area contributed by atoms with Gasteiger partial charge in [-0.25, -0.2) is 0 Å². The first-order valence-corrected chi connectivity index (χ1v) is 7.04. The van der Waals surface area contributed by atoms with E-state index in [0.717, 1.165) is 18.8 Å². The number of piperidine rings is 1. The summed E-state index contributed by atoms with van der Waals surface area (Å²) in [7, 11) is 0. The van der Waals surface area contributed by atoms with Gasteiger partial charge in [-0.05, 0) is 52.0 Å². The zero-order valence-corrected chi connectivity index (χ0v) is 10.9. The molecular weight excluding hydrogens is 198 g/mol. The van der Waals surface area contributed by atoms with Crippen LogP contribution in [0.5, 0.6) is 0 Å². The van der Waals surface area contributed by atoms with Gasteiger partial charge in [-0.1, -0.05) is 19.3 Å². The fourth-order valence-electron chi connectivity index (χ4n) is 3.34. The third kappa shape index (κ3) is 2.60. The topological polar surface area (TPSA) is 23.5 Å². The number of nitrogens with zero attached hydrogens (tertiary/aromatic N) is 1. The standard InChI is InChI=1S/C14H27NO/c1-14(2)13(16)9-6-10-15(14)11-12-7-4-3-5-8-12/h12-13,16H,3-11H2,1-2H3. The van der Waals surface area contributed by atoms with Gasteiger partial charge < -0.3 is 5.11 Å². The second kappa shape index (κ2) is 5.05. The van der Waals surface area contributed by atoms with Crippen LogP contribution in [0.4, 0.5) is 0 Å². The molecule has 94 valence electrons. The number of hydrogen-bond acceptors (Lipinski definition) is 2. The third-order valence-corrected chi connectivity index (χ3v) is 4.74. The van der Waals surface area contributed by atoms with Crippen LogP contribution in [-0.4, -0.2) is 34.7 Å². The average molecular weight is 225 g/mol. The molecular formula is C14H27NO. The molecule has 1 saturated carbocycles. The lowest BCUT2D eigenvalue weighted by Crippen LogP contribution is -2.57. The molecule has 0 spiro atoms. The van der Waals surface area contributed by atoms with E-state index in [4.69, 9.17) is 0 Å². The van der Waals surface area contributed by atoms with Gasteiger partial charge in [-0.2, -0.15) is 0 Å². The van der Waals surface area contributed by atoms with Crippen LogP contribution in [0.3, 0.4) is 0 Å². The van der Waals surface area contributed by atoms with Gasteiger partial charge in [-0.3, -0.25) is 4.90 Å². The van der Waals surface area contributed by atoms with Crippen molar-refractivity contribution in [1.82, 2.24) is 4.90 Å². The Morgan fingerprint density at radius 3 is 2.44 bits per heavy atom. The van der Waals surface area contributed by atoms with Gasteiger partial charge in [-0.15, -0.1) is 0 Å². The monoisotopic (exact) mass is 225 g/mol. The molecule has 1 saturated heterocycles. The van der Waals surface area contributed by atoms with Crippen LogP contribution in [-0.2, 0) is 0 Å². The van der Waals surface area contributed by atoms with E-state index in [9.17, 15) is 5.11 Å². The lowest BCUT2D eigenvalue weighted by Gasteiger charge is -2.47. The fraction of sp³-hybridized carbons (Fsp3) is 1.00. The molecule has 0 aromatic carbocycles. The van der Waals surface area contributed by atoms with E-state index in [0.29, 0.717) is 0 Å². The van der Waals surface area contributed by atoms with Crippen LogP contribution in [0.15, 0.2) is 0 Å². The quantitative estimate of drug-likeness (QED) is 0.781. The number of hydrogen-bond donors (Lipinski definition) is 1. The van der Waals surface area contributed by atoms with Crippen molar-refractivity contribution in [3.8, 4) is 0 Å². The van der Waals surface area contributed by atoms with E-state index in [1.807, 2.05) is 0 Å². The summed E-state index contributed by atoms with van der Waals surface area (Å²) in [6.45, 7) is 6.81. The molecule has 0 radical (unpaired) electrons. The molecule has 1 aliphatic heterocycles. The maximum absolute atomic E-state index is 10.1. The molecule has 1 N–H and O–H groups in total. The Balaban J connectivity index is 1.91. The summed E-state index contributed by atoms with van der Waals surface area (Å²) in [5.41, 5.74) is -0.00427. The number of aliphatic hydroxyl groups is 1. The summed E-state index contributed by atoms with van der Waals surface area (Å²) in [5, 5.41) is 10.1. The van der Waals surface area contributed by atoms with Crippen LogP contribution >= 0.6 is 0 Å². The van der Waals surface area contributed by atoms with Gasteiger partial charge in [0.05, 0.1) is 6.10 Å². The number of rotatable bonds is 2. The highest BCUT2D eigenvalue weighted by Crippen LogP contribution is 2.32. The molecule has 0 aromatic rings. The summed E-state index contributed by atoms with van der Waals surface area (Å²) in [4.78, 5) is 2.54. The smallest absolute Gasteiger partial charge is 0.0718 e. The lowest BCUT2D eigenvalue weighted by molar-refractivity contribution is -0.0521. The maximum atomic E-state index is 10.1. The Morgan fingerprint density at radius 2 is 1.75 bits per heavy atom. The maximum Gasteiger partial charge on any atom is 0.0718 e. The molecule has 0 aromatic heterocycles. The van der Waals surface area contributed by atoms with Crippen molar-refractivity contribution in [3.05, 3.63) is 0 Å². The van der Waals surface area contributed by atoms with Gasteiger partial charge >= 0.3 is 0 Å². The Hall–Kier alpha value is -0.0800. The van der Waals surface area contributed by atoms with E-state index < -0.39 is 0 Å². The molecule has 2 rings (SSSR count). The molecule has 1 heterocycles. The Morgan fingerprint density at radius 1 is 1.06 bits per heavy atom. The normalized spacial score (nSPS) is 32.8. The lowest BCUT2D eigenvalue weighted by atomic mass is 9.83. The summed E-state index contributed by atoms with van der Waals surface area (Å²) < 4.78 is 0. The minimum Gasteiger partial charge on any atom is -0.391 e. The van der Waals surface area contributed by atoms with Crippen molar-refractivity contribution >= 4 is 0 Å². The fourth-order valence-corrected chi connectivity index (χ4v) is 3.34. The highest BCUT2D eigenvalue weighted by atomic mass is 16.3. The summed E-state index contributed by atoms with van der Waals surface area (Å²) in [6, 6.07) is 0. The molecule has 1 atom stereocenters. The van der Waals surface area contributed by atoms with E-state index in [-0.39, 0.29) is 11.6 Å². The van der Waals surface area contributed by atoms with Crippen molar-refractivity contribution in [2.45, 2.75) is 70.4 Å². The van der Waals surface area contributed by atoms with E-state index >= 15 is 0 Å². The molecule has 0 bridgehead atoms. The van der Waals surface area contributed by atoms with Gasteiger partial charge in [0.15, 0.2) is 0 Å².